The van der Waals surface area contributed by atoms with Crippen LogP contribution in [-0.2, 0) is 9.59 Å². The summed E-state index contributed by atoms with van der Waals surface area (Å²) >= 11 is 0. The highest BCUT2D eigenvalue weighted by molar-refractivity contribution is 6.02. The summed E-state index contributed by atoms with van der Waals surface area (Å²) in [7, 11) is 0. The lowest BCUT2D eigenvalue weighted by atomic mass is 9.48. The Balaban J connectivity index is 1.67. The zero-order valence-corrected chi connectivity index (χ0v) is 16.0. The van der Waals surface area contributed by atoms with Gasteiger partial charge in [0.2, 0.25) is 0 Å². The maximum atomic E-state index is 12.7. The minimum Gasteiger partial charge on any atom is -0.299 e. The number of allylic oxidation sites excluding steroid dienone is 4. The summed E-state index contributed by atoms with van der Waals surface area (Å²) in [5.41, 5.74) is 2.69. The van der Waals surface area contributed by atoms with Crippen molar-refractivity contribution >= 4 is 11.6 Å². The molecule has 3 fully saturated rings. The van der Waals surface area contributed by atoms with E-state index in [4.69, 9.17) is 0 Å². The Morgan fingerprint density at radius 1 is 1.16 bits per heavy atom. The van der Waals surface area contributed by atoms with Crippen LogP contribution >= 0.6 is 0 Å². The lowest BCUT2D eigenvalue weighted by molar-refractivity contribution is -0.123. The predicted molar refractivity (Wildman–Crippen MR) is 100 cm³/mol. The molecule has 6 atom stereocenters. The average Bonchev–Trinajstić information content (AvgIpc) is 2.91. The second-order valence-electron chi connectivity index (χ2n) is 9.24. The Bertz CT molecular complexity index is 655. The zero-order valence-electron chi connectivity index (χ0n) is 16.0. The fourth-order valence-electron chi connectivity index (χ4n) is 6.97. The second kappa shape index (κ2) is 6.21. The molecular formula is C23H32O2. The molecule has 0 saturated heterocycles. The second-order valence-corrected chi connectivity index (χ2v) is 9.24. The molecule has 0 radical (unpaired) electrons. The first-order chi connectivity index (χ1) is 12.0. The largest absolute Gasteiger partial charge is 0.299 e. The van der Waals surface area contributed by atoms with Gasteiger partial charge in [-0.1, -0.05) is 37.8 Å². The first-order valence-electron chi connectivity index (χ1n) is 10.4. The first-order valence-corrected chi connectivity index (χ1v) is 10.4. The normalized spacial score (nSPS) is 43.1. The van der Waals surface area contributed by atoms with Gasteiger partial charge in [-0.05, 0) is 74.9 Å². The van der Waals surface area contributed by atoms with Gasteiger partial charge >= 0.3 is 0 Å². The Morgan fingerprint density at radius 3 is 2.72 bits per heavy atom. The van der Waals surface area contributed by atoms with E-state index in [-0.39, 0.29) is 11.2 Å². The number of ketones is 2. The molecule has 0 bridgehead atoms. The van der Waals surface area contributed by atoms with Crippen molar-refractivity contribution in [3.8, 4) is 0 Å². The van der Waals surface area contributed by atoms with Crippen LogP contribution in [0.15, 0.2) is 23.3 Å². The van der Waals surface area contributed by atoms with Gasteiger partial charge in [0, 0.05) is 17.8 Å². The minimum absolute atomic E-state index is 0.0583. The maximum Gasteiger partial charge on any atom is 0.178 e. The van der Waals surface area contributed by atoms with Crippen LogP contribution in [-0.4, -0.2) is 11.6 Å². The fraction of sp³-hybridized carbons (Fsp3) is 0.739. The van der Waals surface area contributed by atoms with Crippen molar-refractivity contribution < 1.29 is 9.59 Å². The molecule has 0 spiro atoms. The molecule has 136 valence electrons. The van der Waals surface area contributed by atoms with E-state index in [0.717, 1.165) is 25.7 Å². The Hall–Kier alpha value is -1.18. The lowest BCUT2D eigenvalue weighted by Gasteiger charge is -2.55. The smallest absolute Gasteiger partial charge is 0.178 e. The first kappa shape index (κ1) is 17.2. The van der Waals surface area contributed by atoms with Crippen LogP contribution in [0.1, 0.15) is 72.1 Å². The molecule has 2 heteroatoms. The topological polar surface area (TPSA) is 34.1 Å². The number of carbonyl (C=O) groups excluding carboxylic acids is 2. The van der Waals surface area contributed by atoms with E-state index in [1.165, 1.54) is 36.8 Å². The van der Waals surface area contributed by atoms with E-state index in [1.54, 1.807) is 0 Å². The third-order valence-corrected chi connectivity index (χ3v) is 8.26. The summed E-state index contributed by atoms with van der Waals surface area (Å²) in [6.07, 6.45) is 12.8. The van der Waals surface area contributed by atoms with Crippen molar-refractivity contribution in [1.29, 1.82) is 0 Å². The van der Waals surface area contributed by atoms with Crippen molar-refractivity contribution in [3.05, 3.63) is 23.3 Å². The van der Waals surface area contributed by atoms with Crippen LogP contribution < -0.4 is 0 Å². The van der Waals surface area contributed by atoms with E-state index in [1.807, 2.05) is 12.2 Å². The summed E-state index contributed by atoms with van der Waals surface area (Å²) in [5, 5.41) is 0. The standard InChI is InChI=1S/C23H32O2/c1-4-5-6-15-12-21(25)19-9-10-20-18(22(15)19)8-7-16-13-17(24)11-14(2)23(16,20)3/h11,13,15,18-20,22H,4-10,12H2,1-3H3/t15-,18?,19?,20?,22?,23?/m0/s1. The number of rotatable bonds is 3. The molecule has 0 aromatic heterocycles. The zero-order chi connectivity index (χ0) is 17.8. The molecule has 0 aliphatic heterocycles. The highest BCUT2D eigenvalue weighted by atomic mass is 16.1. The Kier molecular flexibility index (Phi) is 4.29. The van der Waals surface area contributed by atoms with Gasteiger partial charge in [0.1, 0.15) is 5.78 Å². The summed E-state index contributed by atoms with van der Waals surface area (Å²) in [6, 6.07) is 0. The third-order valence-electron chi connectivity index (χ3n) is 8.26. The number of Topliss-reactive ketones (excluding diaryl/α,β-unsaturated/α-hetero) is 1. The molecule has 2 nitrogen and oxygen atoms in total. The SMILES string of the molecule is CCCC[C@H]1CC(=O)C2CCC3C(CCC4=CC(=O)C=C(C)C43C)C21. The molecule has 4 aliphatic carbocycles. The number of fused-ring (bicyclic) bond motifs is 5. The van der Waals surface area contributed by atoms with Crippen LogP contribution in [0.25, 0.3) is 0 Å². The molecular weight excluding hydrogens is 308 g/mol. The number of hydrogen-bond donors (Lipinski definition) is 0. The summed E-state index contributed by atoms with van der Waals surface area (Å²) in [5.74, 6) is 3.59. The van der Waals surface area contributed by atoms with Crippen molar-refractivity contribution in [3.63, 3.8) is 0 Å². The van der Waals surface area contributed by atoms with Gasteiger partial charge in [-0.25, -0.2) is 0 Å². The highest BCUT2D eigenvalue weighted by Crippen LogP contribution is 2.63. The molecule has 0 aromatic carbocycles. The van der Waals surface area contributed by atoms with Gasteiger partial charge < -0.3 is 0 Å². The van der Waals surface area contributed by atoms with E-state index < -0.39 is 0 Å². The van der Waals surface area contributed by atoms with Crippen molar-refractivity contribution in [1.82, 2.24) is 0 Å². The number of carbonyl (C=O) groups is 2. The van der Waals surface area contributed by atoms with Gasteiger partial charge in [0.15, 0.2) is 5.78 Å². The Morgan fingerprint density at radius 2 is 1.96 bits per heavy atom. The van der Waals surface area contributed by atoms with Crippen LogP contribution in [0, 0.1) is 35.0 Å². The molecule has 4 rings (SSSR count). The predicted octanol–water partition coefficient (Wildman–Crippen LogP) is 5.28. The molecule has 0 aromatic rings. The van der Waals surface area contributed by atoms with E-state index in [2.05, 4.69) is 20.8 Å². The van der Waals surface area contributed by atoms with Gasteiger partial charge in [-0.2, -0.15) is 0 Å². The lowest BCUT2D eigenvalue weighted by Crippen LogP contribution is -2.48. The van der Waals surface area contributed by atoms with Crippen LogP contribution in [0.4, 0.5) is 0 Å². The summed E-state index contributed by atoms with van der Waals surface area (Å²) in [6.45, 7) is 6.80. The fourth-order valence-corrected chi connectivity index (χ4v) is 6.97. The highest BCUT2D eigenvalue weighted by Gasteiger charge is 2.57. The van der Waals surface area contributed by atoms with E-state index >= 15 is 0 Å². The Labute approximate surface area is 152 Å². The molecule has 3 saturated carbocycles. The molecule has 5 unspecified atom stereocenters. The monoisotopic (exact) mass is 340 g/mol. The quantitative estimate of drug-likeness (QED) is 0.700. The molecule has 4 aliphatic rings. The summed E-state index contributed by atoms with van der Waals surface area (Å²) < 4.78 is 0. The van der Waals surface area contributed by atoms with Crippen LogP contribution in [0.3, 0.4) is 0 Å². The van der Waals surface area contributed by atoms with Gasteiger partial charge in [-0.3, -0.25) is 9.59 Å². The van der Waals surface area contributed by atoms with Crippen molar-refractivity contribution in [2.24, 2.45) is 35.0 Å². The van der Waals surface area contributed by atoms with Gasteiger partial charge in [0.05, 0.1) is 0 Å². The van der Waals surface area contributed by atoms with E-state index in [9.17, 15) is 9.59 Å². The van der Waals surface area contributed by atoms with Crippen molar-refractivity contribution in [2.45, 2.75) is 72.1 Å². The van der Waals surface area contributed by atoms with Crippen molar-refractivity contribution in [2.75, 3.05) is 0 Å². The summed E-state index contributed by atoms with van der Waals surface area (Å²) in [4.78, 5) is 24.7. The molecule has 0 N–H and O–H groups in total. The van der Waals surface area contributed by atoms with Gasteiger partial charge in [-0.15, -0.1) is 0 Å². The molecule has 0 amide bonds. The molecule has 25 heavy (non-hydrogen) atoms. The van der Waals surface area contributed by atoms with Gasteiger partial charge in [0.25, 0.3) is 0 Å². The molecule has 0 heterocycles. The van der Waals surface area contributed by atoms with E-state index in [0.29, 0.717) is 35.4 Å². The van der Waals surface area contributed by atoms with Crippen LogP contribution in [0.5, 0.6) is 0 Å². The number of hydrogen-bond acceptors (Lipinski definition) is 2. The maximum absolute atomic E-state index is 12.7. The third kappa shape index (κ3) is 2.51. The average molecular weight is 341 g/mol. The number of unbranched alkanes of at least 4 members (excludes halogenated alkanes) is 1. The minimum atomic E-state index is 0.0583. The van der Waals surface area contributed by atoms with Crippen LogP contribution in [0.2, 0.25) is 0 Å².